The summed E-state index contributed by atoms with van der Waals surface area (Å²) in [6, 6.07) is 0. The van der Waals surface area contributed by atoms with Crippen molar-refractivity contribution in [3.8, 4) is 0 Å². The number of carbonyl (C=O) groups is 2. The minimum atomic E-state index is 0.209. The Labute approximate surface area is 288 Å². The van der Waals surface area contributed by atoms with Crippen molar-refractivity contribution in [2.75, 3.05) is 13.1 Å². The van der Waals surface area contributed by atoms with Gasteiger partial charge in [-0.1, -0.05) is 154 Å². The molecule has 4 heteroatoms. The SMILES string of the molecule is CCCCCCCC/C=C\CCCCCCCC(=O)NCCCCCCNC(=O)CCCCCCC/C=C\CCCCCCCC. The molecule has 2 amide bonds. The van der Waals surface area contributed by atoms with Gasteiger partial charge in [-0.15, -0.1) is 0 Å². The van der Waals surface area contributed by atoms with Crippen molar-refractivity contribution in [1.82, 2.24) is 10.6 Å². The second kappa shape index (κ2) is 39.6. The minimum Gasteiger partial charge on any atom is -0.356 e. The molecule has 0 atom stereocenters. The van der Waals surface area contributed by atoms with E-state index in [1.54, 1.807) is 0 Å². The molecule has 0 heterocycles. The van der Waals surface area contributed by atoms with Gasteiger partial charge in [-0.3, -0.25) is 9.59 Å². The predicted octanol–water partition coefficient (Wildman–Crippen LogP) is 12.9. The molecule has 2 N–H and O–H groups in total. The fourth-order valence-electron chi connectivity index (χ4n) is 5.95. The molecule has 0 radical (unpaired) electrons. The number of nitrogens with one attached hydrogen (secondary N) is 2. The van der Waals surface area contributed by atoms with Crippen LogP contribution in [0.15, 0.2) is 24.3 Å². The molecule has 0 unspecified atom stereocenters. The molecule has 0 aromatic rings. The van der Waals surface area contributed by atoms with Gasteiger partial charge in [0.1, 0.15) is 0 Å². The molecule has 270 valence electrons. The largest absolute Gasteiger partial charge is 0.356 e. The zero-order valence-corrected chi connectivity index (χ0v) is 31.2. The fraction of sp³-hybridized carbons (Fsp3) is 0.857. The minimum absolute atomic E-state index is 0.209. The van der Waals surface area contributed by atoms with E-state index < -0.39 is 0 Å². The van der Waals surface area contributed by atoms with Crippen molar-refractivity contribution in [2.45, 2.75) is 219 Å². The Morgan fingerprint density at radius 1 is 0.348 bits per heavy atom. The van der Waals surface area contributed by atoms with Crippen LogP contribution in [-0.2, 0) is 9.59 Å². The number of allylic oxidation sites excluding steroid dienone is 4. The second-order valence-corrected chi connectivity index (χ2v) is 13.8. The van der Waals surface area contributed by atoms with E-state index in [9.17, 15) is 9.59 Å². The summed E-state index contributed by atoms with van der Waals surface area (Å²) < 4.78 is 0. The standard InChI is InChI=1S/C42H80N2O2/c1-3-5-7-9-11-13-15-17-19-21-23-25-27-29-33-37-41(45)43-39-35-31-32-36-40-44-42(46)38-34-30-28-26-24-22-20-18-16-14-12-10-8-6-4-2/h17-20H,3-16,21-40H2,1-2H3,(H,43,45)(H,44,46)/b19-17-,20-18-. The highest BCUT2D eigenvalue weighted by molar-refractivity contribution is 5.76. The molecule has 0 aromatic heterocycles. The van der Waals surface area contributed by atoms with E-state index in [-0.39, 0.29) is 11.8 Å². The van der Waals surface area contributed by atoms with Gasteiger partial charge in [0.05, 0.1) is 0 Å². The molecule has 0 aliphatic heterocycles. The summed E-state index contributed by atoms with van der Waals surface area (Å²) in [6.07, 6.45) is 48.5. The van der Waals surface area contributed by atoms with Crippen molar-refractivity contribution in [1.29, 1.82) is 0 Å². The van der Waals surface area contributed by atoms with Crippen LogP contribution >= 0.6 is 0 Å². The van der Waals surface area contributed by atoms with Gasteiger partial charge in [0.15, 0.2) is 0 Å². The van der Waals surface area contributed by atoms with Crippen LogP contribution in [0.5, 0.6) is 0 Å². The summed E-state index contributed by atoms with van der Waals surface area (Å²) in [5, 5.41) is 6.16. The molecule has 0 aliphatic rings. The molecule has 0 fully saturated rings. The zero-order chi connectivity index (χ0) is 33.4. The summed E-state index contributed by atoms with van der Waals surface area (Å²) in [7, 11) is 0. The van der Waals surface area contributed by atoms with Gasteiger partial charge >= 0.3 is 0 Å². The van der Waals surface area contributed by atoms with Crippen LogP contribution in [0.4, 0.5) is 0 Å². The first-order valence-electron chi connectivity index (χ1n) is 20.5. The van der Waals surface area contributed by atoms with Crippen LogP contribution in [-0.4, -0.2) is 24.9 Å². The molecule has 46 heavy (non-hydrogen) atoms. The average molecular weight is 645 g/mol. The first kappa shape index (κ1) is 44.4. The lowest BCUT2D eigenvalue weighted by molar-refractivity contribution is -0.122. The van der Waals surface area contributed by atoms with Gasteiger partial charge in [-0.25, -0.2) is 0 Å². The van der Waals surface area contributed by atoms with Crippen molar-refractivity contribution in [3.63, 3.8) is 0 Å². The Morgan fingerprint density at radius 2 is 0.609 bits per heavy atom. The number of hydrogen-bond acceptors (Lipinski definition) is 2. The van der Waals surface area contributed by atoms with Crippen molar-refractivity contribution < 1.29 is 9.59 Å². The zero-order valence-electron chi connectivity index (χ0n) is 31.2. The Balaban J connectivity index is 3.30. The number of unbranched alkanes of at least 4 members (excludes halogenated alkanes) is 25. The Kier molecular flexibility index (Phi) is 38.2. The van der Waals surface area contributed by atoms with Crippen molar-refractivity contribution >= 4 is 11.8 Å². The van der Waals surface area contributed by atoms with Gasteiger partial charge in [0, 0.05) is 25.9 Å². The van der Waals surface area contributed by atoms with E-state index in [1.165, 1.54) is 141 Å². The highest BCUT2D eigenvalue weighted by Gasteiger charge is 2.02. The third kappa shape index (κ3) is 38.6. The first-order valence-corrected chi connectivity index (χ1v) is 20.5. The van der Waals surface area contributed by atoms with Crippen LogP contribution in [0.1, 0.15) is 219 Å². The molecule has 4 nitrogen and oxygen atoms in total. The lowest BCUT2D eigenvalue weighted by atomic mass is 10.1. The molecule has 0 rings (SSSR count). The molecule has 0 aromatic carbocycles. The summed E-state index contributed by atoms with van der Waals surface area (Å²) >= 11 is 0. The Bertz CT molecular complexity index is 629. The van der Waals surface area contributed by atoms with Crippen LogP contribution < -0.4 is 10.6 Å². The molecular weight excluding hydrogens is 564 g/mol. The summed E-state index contributed by atoms with van der Waals surface area (Å²) in [5.74, 6) is 0.418. The lowest BCUT2D eigenvalue weighted by Crippen LogP contribution is -2.24. The number of amides is 2. The van der Waals surface area contributed by atoms with Gasteiger partial charge in [-0.2, -0.15) is 0 Å². The van der Waals surface area contributed by atoms with Crippen LogP contribution in [0.25, 0.3) is 0 Å². The van der Waals surface area contributed by atoms with E-state index in [1.807, 2.05) is 0 Å². The monoisotopic (exact) mass is 645 g/mol. The summed E-state index contributed by atoms with van der Waals surface area (Å²) in [6.45, 7) is 6.11. The van der Waals surface area contributed by atoms with E-state index in [0.717, 1.165) is 64.5 Å². The molecular formula is C42H80N2O2. The maximum atomic E-state index is 12.1. The molecule has 0 bridgehead atoms. The molecule has 0 saturated carbocycles. The number of carbonyl (C=O) groups excluding carboxylic acids is 2. The highest BCUT2D eigenvalue weighted by atomic mass is 16.2. The van der Waals surface area contributed by atoms with Crippen molar-refractivity contribution in [3.05, 3.63) is 24.3 Å². The summed E-state index contributed by atoms with van der Waals surface area (Å²) in [4.78, 5) is 24.1. The van der Waals surface area contributed by atoms with Crippen LogP contribution in [0.3, 0.4) is 0 Å². The van der Waals surface area contributed by atoms with E-state index in [2.05, 4.69) is 48.8 Å². The maximum absolute atomic E-state index is 12.1. The van der Waals surface area contributed by atoms with E-state index in [4.69, 9.17) is 0 Å². The van der Waals surface area contributed by atoms with Gasteiger partial charge < -0.3 is 10.6 Å². The average Bonchev–Trinajstić information content (AvgIpc) is 3.05. The number of rotatable bonds is 37. The lowest BCUT2D eigenvalue weighted by Gasteiger charge is -2.07. The molecule has 0 spiro atoms. The normalized spacial score (nSPS) is 11.6. The predicted molar refractivity (Wildman–Crippen MR) is 203 cm³/mol. The second-order valence-electron chi connectivity index (χ2n) is 13.8. The third-order valence-electron chi connectivity index (χ3n) is 9.08. The summed E-state index contributed by atoms with van der Waals surface area (Å²) in [5.41, 5.74) is 0. The first-order chi connectivity index (χ1) is 22.7. The van der Waals surface area contributed by atoms with Gasteiger partial charge in [0.25, 0.3) is 0 Å². The maximum Gasteiger partial charge on any atom is 0.219 e. The quantitative estimate of drug-likeness (QED) is 0.0522. The van der Waals surface area contributed by atoms with Gasteiger partial charge in [-0.05, 0) is 77.0 Å². The van der Waals surface area contributed by atoms with Crippen LogP contribution in [0, 0.1) is 0 Å². The van der Waals surface area contributed by atoms with E-state index in [0.29, 0.717) is 12.8 Å². The topological polar surface area (TPSA) is 58.2 Å². The Morgan fingerprint density at radius 3 is 0.935 bits per heavy atom. The fourth-order valence-corrected chi connectivity index (χ4v) is 5.95. The highest BCUT2D eigenvalue weighted by Crippen LogP contribution is 2.12. The smallest absolute Gasteiger partial charge is 0.219 e. The molecule has 0 saturated heterocycles. The van der Waals surface area contributed by atoms with E-state index >= 15 is 0 Å². The van der Waals surface area contributed by atoms with Gasteiger partial charge in [0.2, 0.25) is 11.8 Å². The van der Waals surface area contributed by atoms with Crippen molar-refractivity contribution in [2.24, 2.45) is 0 Å². The Hall–Kier alpha value is -1.58. The van der Waals surface area contributed by atoms with Crippen LogP contribution in [0.2, 0.25) is 0 Å². The molecule has 0 aliphatic carbocycles. The third-order valence-corrected chi connectivity index (χ3v) is 9.08. The number of hydrogen-bond donors (Lipinski definition) is 2.